The molecule has 5 rings (SSSR count). The minimum atomic E-state index is -1.24. The number of nitrogens with one attached hydrogen (secondary N) is 1. The number of nitrogens with zero attached hydrogens (tertiary/aromatic N) is 2. The minimum absolute atomic E-state index is 0.176. The van der Waals surface area contributed by atoms with E-state index in [1.807, 2.05) is 31.2 Å². The molecule has 3 heterocycles. The van der Waals surface area contributed by atoms with Crippen LogP contribution in [0.2, 0.25) is 0 Å². The number of carbonyl (C=O) groups excluding carboxylic acids is 3. The average molecular weight is 484 g/mol. The zero-order valence-corrected chi connectivity index (χ0v) is 18.8. The predicted octanol–water partition coefficient (Wildman–Crippen LogP) is 2.43. The molecule has 3 aliphatic heterocycles. The SMILES string of the molecule is COc1ccc(N2C(=O)[C@@H]3[C@@H](C2=O)[C@]2(N[C@@H]3C)C(=O)N(CCBr)c3ccccc32)cc1. The van der Waals surface area contributed by atoms with Crippen LogP contribution in [0.1, 0.15) is 12.5 Å². The molecular formula is C23H22BrN3O4. The zero-order chi connectivity index (χ0) is 21.9. The number of rotatable bonds is 4. The van der Waals surface area contributed by atoms with Crippen LogP contribution < -0.4 is 19.9 Å². The molecule has 160 valence electrons. The summed E-state index contributed by atoms with van der Waals surface area (Å²) in [7, 11) is 1.56. The molecule has 0 aromatic heterocycles. The molecule has 2 aromatic carbocycles. The molecule has 7 nitrogen and oxygen atoms in total. The monoisotopic (exact) mass is 483 g/mol. The van der Waals surface area contributed by atoms with Gasteiger partial charge in [-0.3, -0.25) is 19.7 Å². The number of hydrogen-bond acceptors (Lipinski definition) is 5. The van der Waals surface area contributed by atoms with E-state index in [1.165, 1.54) is 4.90 Å². The van der Waals surface area contributed by atoms with Crippen molar-refractivity contribution < 1.29 is 19.1 Å². The number of imide groups is 1. The Morgan fingerprint density at radius 1 is 1.06 bits per heavy atom. The summed E-state index contributed by atoms with van der Waals surface area (Å²) in [5.74, 6) is -1.58. The first-order valence-electron chi connectivity index (χ1n) is 10.2. The lowest BCUT2D eigenvalue weighted by atomic mass is 9.76. The Labute approximate surface area is 188 Å². The molecule has 8 heteroatoms. The van der Waals surface area contributed by atoms with Crippen molar-refractivity contribution in [3.63, 3.8) is 0 Å². The van der Waals surface area contributed by atoms with Gasteiger partial charge in [-0.05, 0) is 37.3 Å². The molecule has 2 fully saturated rings. The van der Waals surface area contributed by atoms with Gasteiger partial charge in [0.15, 0.2) is 0 Å². The summed E-state index contributed by atoms with van der Waals surface area (Å²) in [5, 5.41) is 3.99. The van der Waals surface area contributed by atoms with E-state index < -0.39 is 17.4 Å². The van der Waals surface area contributed by atoms with Gasteiger partial charge in [-0.2, -0.15) is 0 Å². The number of para-hydroxylation sites is 1. The third kappa shape index (κ3) is 2.58. The Morgan fingerprint density at radius 2 is 1.77 bits per heavy atom. The smallest absolute Gasteiger partial charge is 0.252 e. The van der Waals surface area contributed by atoms with Crippen LogP contribution in [0.4, 0.5) is 11.4 Å². The largest absolute Gasteiger partial charge is 0.497 e. The van der Waals surface area contributed by atoms with Crippen LogP contribution in [0.15, 0.2) is 48.5 Å². The Hall–Kier alpha value is -2.71. The van der Waals surface area contributed by atoms with Gasteiger partial charge >= 0.3 is 0 Å². The average Bonchev–Trinajstić information content (AvgIpc) is 3.33. The Bertz CT molecular complexity index is 1090. The highest BCUT2D eigenvalue weighted by Gasteiger charge is 2.70. The van der Waals surface area contributed by atoms with E-state index in [-0.39, 0.29) is 23.8 Å². The molecule has 2 aromatic rings. The number of anilines is 2. The first-order chi connectivity index (χ1) is 15.0. The van der Waals surface area contributed by atoms with Crippen LogP contribution in [0.5, 0.6) is 5.75 Å². The number of alkyl halides is 1. The van der Waals surface area contributed by atoms with E-state index in [9.17, 15) is 14.4 Å². The molecule has 0 saturated carbocycles. The van der Waals surface area contributed by atoms with E-state index in [1.54, 1.807) is 36.3 Å². The number of benzene rings is 2. The quantitative estimate of drug-likeness (QED) is 0.533. The van der Waals surface area contributed by atoms with E-state index in [0.29, 0.717) is 23.3 Å². The highest BCUT2D eigenvalue weighted by molar-refractivity contribution is 9.09. The van der Waals surface area contributed by atoms with E-state index >= 15 is 0 Å². The van der Waals surface area contributed by atoms with Gasteiger partial charge in [0.25, 0.3) is 5.91 Å². The molecule has 1 spiro atoms. The van der Waals surface area contributed by atoms with Gasteiger partial charge in [-0.25, -0.2) is 4.90 Å². The molecule has 31 heavy (non-hydrogen) atoms. The third-order valence-corrected chi connectivity index (χ3v) is 7.01. The number of halogens is 1. The summed E-state index contributed by atoms with van der Waals surface area (Å²) in [5.41, 5.74) is 0.800. The first kappa shape index (κ1) is 20.2. The van der Waals surface area contributed by atoms with Gasteiger partial charge in [0.05, 0.1) is 24.6 Å². The summed E-state index contributed by atoms with van der Waals surface area (Å²) in [6.07, 6.45) is 0. The van der Waals surface area contributed by atoms with Crippen molar-refractivity contribution >= 4 is 45.0 Å². The second-order valence-corrected chi connectivity index (χ2v) is 8.91. The lowest BCUT2D eigenvalue weighted by Gasteiger charge is -2.30. The van der Waals surface area contributed by atoms with Crippen molar-refractivity contribution in [2.45, 2.75) is 18.5 Å². The molecule has 1 N–H and O–H groups in total. The van der Waals surface area contributed by atoms with Crippen LogP contribution in [0, 0.1) is 11.8 Å². The van der Waals surface area contributed by atoms with Crippen molar-refractivity contribution in [1.29, 1.82) is 0 Å². The lowest BCUT2D eigenvalue weighted by molar-refractivity contribution is -0.132. The fraction of sp³-hybridized carbons (Fsp3) is 0.348. The highest BCUT2D eigenvalue weighted by Crippen LogP contribution is 2.54. The molecule has 3 aliphatic rings. The highest BCUT2D eigenvalue weighted by atomic mass is 79.9. The maximum atomic E-state index is 13.8. The van der Waals surface area contributed by atoms with Crippen LogP contribution in [-0.4, -0.2) is 42.7 Å². The van der Waals surface area contributed by atoms with Gasteiger partial charge in [0, 0.05) is 29.2 Å². The van der Waals surface area contributed by atoms with E-state index in [0.717, 1.165) is 11.3 Å². The number of ether oxygens (including phenoxy) is 1. The van der Waals surface area contributed by atoms with Crippen LogP contribution in [0.3, 0.4) is 0 Å². The van der Waals surface area contributed by atoms with Crippen LogP contribution in [-0.2, 0) is 19.9 Å². The Morgan fingerprint density at radius 3 is 2.45 bits per heavy atom. The zero-order valence-electron chi connectivity index (χ0n) is 17.2. The maximum Gasteiger partial charge on any atom is 0.252 e. The second kappa shape index (κ2) is 7.17. The van der Waals surface area contributed by atoms with Crippen molar-refractivity contribution in [2.75, 3.05) is 28.8 Å². The van der Waals surface area contributed by atoms with Crippen molar-refractivity contribution in [3.05, 3.63) is 54.1 Å². The Kier molecular flexibility index (Phi) is 4.67. The number of hydrogen-bond donors (Lipinski definition) is 1. The van der Waals surface area contributed by atoms with Gasteiger partial charge in [0.1, 0.15) is 11.3 Å². The molecule has 0 aliphatic carbocycles. The number of carbonyl (C=O) groups is 3. The molecule has 0 bridgehead atoms. The summed E-state index contributed by atoms with van der Waals surface area (Å²) in [6, 6.07) is 14.0. The van der Waals surface area contributed by atoms with Gasteiger partial charge < -0.3 is 9.64 Å². The number of amides is 3. The van der Waals surface area contributed by atoms with E-state index in [2.05, 4.69) is 21.2 Å². The second-order valence-electron chi connectivity index (χ2n) is 8.12. The lowest BCUT2D eigenvalue weighted by Crippen LogP contribution is -2.55. The number of fused-ring (bicyclic) bond motifs is 4. The minimum Gasteiger partial charge on any atom is -0.497 e. The summed E-state index contributed by atoms with van der Waals surface area (Å²) in [6.45, 7) is 2.35. The molecule has 0 radical (unpaired) electrons. The van der Waals surface area contributed by atoms with Crippen LogP contribution in [0.25, 0.3) is 0 Å². The molecule has 0 unspecified atom stereocenters. The molecule has 4 atom stereocenters. The topological polar surface area (TPSA) is 79.0 Å². The van der Waals surface area contributed by atoms with Gasteiger partial charge in [0.2, 0.25) is 11.8 Å². The predicted molar refractivity (Wildman–Crippen MR) is 119 cm³/mol. The third-order valence-electron chi connectivity index (χ3n) is 6.65. The normalized spacial score (nSPS) is 29.1. The van der Waals surface area contributed by atoms with Gasteiger partial charge in [-0.1, -0.05) is 34.1 Å². The van der Waals surface area contributed by atoms with E-state index in [4.69, 9.17) is 4.74 Å². The molecule has 3 amide bonds. The van der Waals surface area contributed by atoms with Crippen molar-refractivity contribution in [3.8, 4) is 5.75 Å². The van der Waals surface area contributed by atoms with Gasteiger partial charge in [-0.15, -0.1) is 0 Å². The fourth-order valence-corrected chi connectivity index (χ4v) is 5.76. The first-order valence-corrected chi connectivity index (χ1v) is 11.3. The van der Waals surface area contributed by atoms with Crippen molar-refractivity contribution in [1.82, 2.24) is 5.32 Å². The Balaban J connectivity index is 1.63. The summed E-state index contributed by atoms with van der Waals surface area (Å²) in [4.78, 5) is 43.9. The maximum absolute atomic E-state index is 13.8. The van der Waals surface area contributed by atoms with Crippen molar-refractivity contribution in [2.24, 2.45) is 11.8 Å². The molecular weight excluding hydrogens is 462 g/mol. The summed E-state index contributed by atoms with van der Waals surface area (Å²) >= 11 is 3.42. The van der Waals surface area contributed by atoms with Crippen LogP contribution >= 0.6 is 15.9 Å². The summed E-state index contributed by atoms with van der Waals surface area (Å²) < 4.78 is 5.19. The fourth-order valence-electron chi connectivity index (χ4n) is 5.40. The number of methoxy groups -OCH3 is 1. The standard InChI is InChI=1S/C23H22BrN3O4/c1-13-18-19(21(29)27(20(18)28)14-7-9-15(31-2)10-8-14)23(25-13)16-5-3-4-6-17(16)26(12-11-24)22(23)30/h3-10,13,18-19,25H,11-12H2,1-2H3/t13-,18+,19+,23+/m1/s1. The molecule has 2 saturated heterocycles.